The van der Waals surface area contributed by atoms with Gasteiger partial charge in [0, 0.05) is 6.42 Å². The zero-order chi connectivity index (χ0) is 8.69. The Balaban J connectivity index is 3.69. The molecule has 0 saturated heterocycles. The summed E-state index contributed by atoms with van der Waals surface area (Å²) in [5, 5.41) is 0. The number of rotatable bonds is 4. The van der Waals surface area contributed by atoms with Crippen LogP contribution in [0, 0.1) is 0 Å². The van der Waals surface area contributed by atoms with E-state index in [4.69, 9.17) is 10.5 Å². The normalized spacial score (nSPS) is 11.3. The highest BCUT2D eigenvalue weighted by atomic mass is 16.5. The van der Waals surface area contributed by atoms with E-state index in [2.05, 4.69) is 6.92 Å². The summed E-state index contributed by atoms with van der Waals surface area (Å²) in [6.07, 6.45) is 3.93. The van der Waals surface area contributed by atoms with Crippen LogP contribution in [-0.4, -0.2) is 6.09 Å². The van der Waals surface area contributed by atoms with Gasteiger partial charge in [0.1, 0.15) is 5.76 Å². The SMILES string of the molecule is C/C=C(/CCCC)OC(N)=O. The highest BCUT2D eigenvalue weighted by Crippen LogP contribution is 2.07. The number of ether oxygens (including phenoxy) is 1. The maximum Gasteiger partial charge on any atom is 0.409 e. The molecule has 0 aliphatic carbocycles. The first kappa shape index (κ1) is 10.0. The van der Waals surface area contributed by atoms with Crippen LogP contribution in [-0.2, 0) is 4.74 Å². The molecule has 0 saturated carbocycles. The maximum absolute atomic E-state index is 10.3. The first-order valence-corrected chi connectivity index (χ1v) is 3.83. The third-order valence-electron chi connectivity index (χ3n) is 1.33. The van der Waals surface area contributed by atoms with E-state index >= 15 is 0 Å². The first-order chi connectivity index (χ1) is 5.20. The Bertz CT molecular complexity index is 152. The molecule has 3 nitrogen and oxygen atoms in total. The van der Waals surface area contributed by atoms with Crippen molar-refractivity contribution in [3.63, 3.8) is 0 Å². The van der Waals surface area contributed by atoms with Gasteiger partial charge in [-0.1, -0.05) is 13.3 Å². The second-order valence-electron chi connectivity index (χ2n) is 2.28. The molecule has 0 heterocycles. The standard InChI is InChI=1S/C8H15NO2/c1-3-5-6-7(4-2)11-8(9)10/h4H,3,5-6H2,1-2H3,(H2,9,10)/b7-4-. The van der Waals surface area contributed by atoms with Crippen molar-refractivity contribution in [3.05, 3.63) is 11.8 Å². The summed E-state index contributed by atoms with van der Waals surface area (Å²) >= 11 is 0. The molecule has 0 bridgehead atoms. The number of amides is 1. The molecule has 0 fully saturated rings. The van der Waals surface area contributed by atoms with Crippen molar-refractivity contribution in [2.45, 2.75) is 33.1 Å². The van der Waals surface area contributed by atoms with Gasteiger partial charge in [0.05, 0.1) is 0 Å². The summed E-state index contributed by atoms with van der Waals surface area (Å²) in [5.41, 5.74) is 4.84. The molecule has 0 rings (SSSR count). The lowest BCUT2D eigenvalue weighted by Gasteiger charge is -2.03. The number of carbonyl (C=O) groups is 1. The van der Waals surface area contributed by atoms with Gasteiger partial charge in [-0.25, -0.2) is 4.79 Å². The number of unbranched alkanes of at least 4 members (excludes halogenated alkanes) is 1. The summed E-state index contributed by atoms with van der Waals surface area (Å²) in [6.45, 7) is 3.91. The van der Waals surface area contributed by atoms with Crippen LogP contribution in [0.4, 0.5) is 4.79 Å². The lowest BCUT2D eigenvalue weighted by molar-refractivity contribution is 0.183. The van der Waals surface area contributed by atoms with Crippen LogP contribution in [0.2, 0.25) is 0 Å². The molecule has 1 amide bonds. The van der Waals surface area contributed by atoms with Gasteiger partial charge < -0.3 is 10.5 Å². The quantitative estimate of drug-likeness (QED) is 0.636. The zero-order valence-corrected chi connectivity index (χ0v) is 7.09. The number of primary amides is 1. The second kappa shape index (κ2) is 5.77. The van der Waals surface area contributed by atoms with E-state index < -0.39 is 6.09 Å². The number of nitrogens with two attached hydrogens (primary N) is 1. The Labute approximate surface area is 67.2 Å². The molecule has 0 unspecified atom stereocenters. The molecule has 0 atom stereocenters. The van der Waals surface area contributed by atoms with Crippen molar-refractivity contribution >= 4 is 6.09 Å². The molecule has 0 aromatic carbocycles. The van der Waals surface area contributed by atoms with Crippen molar-refractivity contribution in [2.75, 3.05) is 0 Å². The number of hydrogen-bond acceptors (Lipinski definition) is 2. The summed E-state index contributed by atoms with van der Waals surface area (Å²) in [5.74, 6) is 0.666. The third kappa shape index (κ3) is 5.45. The molecule has 0 aliphatic heterocycles. The van der Waals surface area contributed by atoms with Crippen LogP contribution in [0.25, 0.3) is 0 Å². The van der Waals surface area contributed by atoms with Crippen molar-refractivity contribution in [1.29, 1.82) is 0 Å². The van der Waals surface area contributed by atoms with Crippen molar-refractivity contribution in [3.8, 4) is 0 Å². The fourth-order valence-electron chi connectivity index (χ4n) is 0.735. The number of hydrogen-bond donors (Lipinski definition) is 1. The molecular weight excluding hydrogens is 142 g/mol. The van der Waals surface area contributed by atoms with Crippen molar-refractivity contribution in [2.24, 2.45) is 5.73 Å². The average Bonchev–Trinajstić information content (AvgIpc) is 1.97. The molecule has 0 spiro atoms. The Hall–Kier alpha value is -0.990. The van der Waals surface area contributed by atoms with Gasteiger partial charge in [-0.2, -0.15) is 0 Å². The molecule has 0 aliphatic rings. The molecule has 2 N–H and O–H groups in total. The Morgan fingerprint density at radius 2 is 2.27 bits per heavy atom. The van der Waals surface area contributed by atoms with Crippen LogP contribution in [0.3, 0.4) is 0 Å². The van der Waals surface area contributed by atoms with Gasteiger partial charge in [-0.3, -0.25) is 0 Å². The fraction of sp³-hybridized carbons (Fsp3) is 0.625. The van der Waals surface area contributed by atoms with E-state index in [9.17, 15) is 4.79 Å². The van der Waals surface area contributed by atoms with E-state index in [0.29, 0.717) is 5.76 Å². The molecule has 3 heteroatoms. The molecule has 11 heavy (non-hydrogen) atoms. The summed E-state index contributed by atoms with van der Waals surface area (Å²) < 4.78 is 4.70. The van der Waals surface area contributed by atoms with Gasteiger partial charge in [-0.15, -0.1) is 0 Å². The summed E-state index contributed by atoms with van der Waals surface area (Å²) in [6, 6.07) is 0. The predicted octanol–water partition coefficient (Wildman–Crippen LogP) is 2.18. The third-order valence-corrected chi connectivity index (χ3v) is 1.33. The summed E-state index contributed by atoms with van der Waals surface area (Å²) in [4.78, 5) is 10.3. The van der Waals surface area contributed by atoms with Gasteiger partial charge in [0.15, 0.2) is 0 Å². The zero-order valence-electron chi connectivity index (χ0n) is 7.09. The van der Waals surface area contributed by atoms with E-state index in [0.717, 1.165) is 19.3 Å². The van der Waals surface area contributed by atoms with Crippen LogP contribution >= 0.6 is 0 Å². The van der Waals surface area contributed by atoms with E-state index in [1.54, 1.807) is 6.08 Å². The maximum atomic E-state index is 10.3. The molecule has 0 aromatic rings. The van der Waals surface area contributed by atoms with Crippen LogP contribution in [0.15, 0.2) is 11.8 Å². The Kier molecular flexibility index (Phi) is 5.25. The van der Waals surface area contributed by atoms with Crippen molar-refractivity contribution in [1.82, 2.24) is 0 Å². The average molecular weight is 157 g/mol. The minimum Gasteiger partial charge on any atom is -0.415 e. The van der Waals surface area contributed by atoms with E-state index in [1.165, 1.54) is 0 Å². The highest BCUT2D eigenvalue weighted by Gasteiger charge is 1.99. The largest absolute Gasteiger partial charge is 0.415 e. The molecular formula is C8H15NO2. The van der Waals surface area contributed by atoms with Crippen LogP contribution in [0.1, 0.15) is 33.1 Å². The number of allylic oxidation sites excluding steroid dienone is 2. The molecule has 64 valence electrons. The minimum atomic E-state index is -0.728. The molecule has 0 aromatic heterocycles. The van der Waals surface area contributed by atoms with Crippen LogP contribution < -0.4 is 5.73 Å². The first-order valence-electron chi connectivity index (χ1n) is 3.83. The van der Waals surface area contributed by atoms with Gasteiger partial charge in [0.25, 0.3) is 0 Å². The Morgan fingerprint density at radius 1 is 1.64 bits per heavy atom. The number of carbonyl (C=O) groups excluding carboxylic acids is 1. The van der Waals surface area contributed by atoms with E-state index in [-0.39, 0.29) is 0 Å². The summed E-state index contributed by atoms with van der Waals surface area (Å²) in [7, 11) is 0. The monoisotopic (exact) mass is 157 g/mol. The minimum absolute atomic E-state index is 0.666. The lowest BCUT2D eigenvalue weighted by Crippen LogP contribution is -2.12. The topological polar surface area (TPSA) is 52.3 Å². The fourth-order valence-corrected chi connectivity index (χ4v) is 0.735. The van der Waals surface area contributed by atoms with Gasteiger partial charge >= 0.3 is 6.09 Å². The predicted molar refractivity (Wildman–Crippen MR) is 44.0 cm³/mol. The molecule has 0 radical (unpaired) electrons. The van der Waals surface area contributed by atoms with Crippen LogP contribution in [0.5, 0.6) is 0 Å². The van der Waals surface area contributed by atoms with E-state index in [1.807, 2.05) is 6.92 Å². The lowest BCUT2D eigenvalue weighted by atomic mass is 10.2. The smallest absolute Gasteiger partial charge is 0.409 e. The van der Waals surface area contributed by atoms with Crippen molar-refractivity contribution < 1.29 is 9.53 Å². The van der Waals surface area contributed by atoms with Gasteiger partial charge in [0.2, 0.25) is 0 Å². The Morgan fingerprint density at radius 3 is 2.64 bits per heavy atom. The second-order valence-corrected chi connectivity index (χ2v) is 2.28. The highest BCUT2D eigenvalue weighted by molar-refractivity contribution is 5.65. The van der Waals surface area contributed by atoms with Gasteiger partial charge in [-0.05, 0) is 19.4 Å².